The third kappa shape index (κ3) is 1.73. The lowest BCUT2D eigenvalue weighted by Gasteiger charge is -2.22. The van der Waals surface area contributed by atoms with Gasteiger partial charge in [0.15, 0.2) is 0 Å². The van der Waals surface area contributed by atoms with E-state index in [1.165, 1.54) is 37.7 Å². The van der Waals surface area contributed by atoms with Crippen molar-refractivity contribution in [1.29, 1.82) is 0 Å². The molecular formula is C13H19N3. The largest absolute Gasteiger partial charge is 0.323 e. The number of hydrogen-bond donors (Lipinski definition) is 1. The molecule has 0 amide bonds. The van der Waals surface area contributed by atoms with E-state index >= 15 is 0 Å². The Morgan fingerprint density at radius 3 is 2.75 bits per heavy atom. The zero-order chi connectivity index (χ0) is 11.0. The molecule has 3 nitrogen and oxygen atoms in total. The summed E-state index contributed by atoms with van der Waals surface area (Å²) >= 11 is 0. The van der Waals surface area contributed by atoms with Crippen LogP contribution in [0.25, 0.3) is 0 Å². The van der Waals surface area contributed by atoms with Crippen molar-refractivity contribution in [3.05, 3.63) is 23.3 Å². The fraction of sp³-hybridized carbons (Fsp3) is 0.692. The van der Waals surface area contributed by atoms with Gasteiger partial charge in [-0.05, 0) is 37.7 Å². The molecule has 1 atom stereocenters. The molecule has 2 N–H and O–H groups in total. The van der Waals surface area contributed by atoms with Gasteiger partial charge in [0.05, 0.1) is 5.69 Å². The van der Waals surface area contributed by atoms with E-state index in [1.54, 1.807) is 0 Å². The predicted molar refractivity (Wildman–Crippen MR) is 63.1 cm³/mol. The van der Waals surface area contributed by atoms with Crippen molar-refractivity contribution in [2.24, 2.45) is 5.73 Å². The average Bonchev–Trinajstić information content (AvgIpc) is 2.83. The second-order valence-corrected chi connectivity index (χ2v) is 5.12. The topological polar surface area (TPSA) is 51.8 Å². The quantitative estimate of drug-likeness (QED) is 0.786. The lowest BCUT2D eigenvalue weighted by atomic mass is 9.93. The van der Waals surface area contributed by atoms with Crippen LogP contribution in [0.1, 0.15) is 67.6 Å². The first-order valence-electron chi connectivity index (χ1n) is 6.46. The number of nitrogens with zero attached hydrogens (tertiary/aromatic N) is 2. The second-order valence-electron chi connectivity index (χ2n) is 5.12. The SMILES string of the molecule is NC1CCCc2cnc(C3CCCC3)nc21. The van der Waals surface area contributed by atoms with Crippen LogP contribution in [-0.4, -0.2) is 9.97 Å². The Bertz CT molecular complexity index is 383. The first kappa shape index (κ1) is 10.2. The van der Waals surface area contributed by atoms with Crippen LogP contribution in [0.3, 0.4) is 0 Å². The van der Waals surface area contributed by atoms with Crippen molar-refractivity contribution in [1.82, 2.24) is 9.97 Å². The molecule has 3 rings (SSSR count). The first-order valence-corrected chi connectivity index (χ1v) is 6.46. The van der Waals surface area contributed by atoms with Crippen LogP contribution in [0.5, 0.6) is 0 Å². The van der Waals surface area contributed by atoms with Crippen LogP contribution in [0.15, 0.2) is 6.20 Å². The molecule has 16 heavy (non-hydrogen) atoms. The molecule has 1 heterocycles. The van der Waals surface area contributed by atoms with Crippen LogP contribution < -0.4 is 5.73 Å². The number of aryl methyl sites for hydroxylation is 1. The van der Waals surface area contributed by atoms with Gasteiger partial charge in [-0.2, -0.15) is 0 Å². The molecule has 2 aliphatic rings. The van der Waals surface area contributed by atoms with Gasteiger partial charge >= 0.3 is 0 Å². The fourth-order valence-corrected chi connectivity index (χ4v) is 2.98. The molecule has 2 aliphatic carbocycles. The summed E-state index contributed by atoms with van der Waals surface area (Å²) in [4.78, 5) is 9.28. The van der Waals surface area contributed by atoms with Gasteiger partial charge in [0.25, 0.3) is 0 Å². The predicted octanol–water partition coefficient (Wildman–Crippen LogP) is 2.47. The van der Waals surface area contributed by atoms with Gasteiger partial charge in [-0.1, -0.05) is 12.8 Å². The number of fused-ring (bicyclic) bond motifs is 1. The maximum atomic E-state index is 6.12. The third-order valence-corrected chi connectivity index (χ3v) is 3.95. The minimum absolute atomic E-state index is 0.145. The fourth-order valence-electron chi connectivity index (χ4n) is 2.98. The molecule has 0 spiro atoms. The van der Waals surface area contributed by atoms with E-state index < -0.39 is 0 Å². The van der Waals surface area contributed by atoms with Crippen molar-refractivity contribution in [3.8, 4) is 0 Å². The van der Waals surface area contributed by atoms with E-state index in [-0.39, 0.29) is 6.04 Å². The van der Waals surface area contributed by atoms with Crippen molar-refractivity contribution in [3.63, 3.8) is 0 Å². The van der Waals surface area contributed by atoms with Gasteiger partial charge in [0.1, 0.15) is 5.82 Å². The molecule has 0 radical (unpaired) electrons. The van der Waals surface area contributed by atoms with Gasteiger partial charge < -0.3 is 5.73 Å². The van der Waals surface area contributed by atoms with Gasteiger partial charge in [-0.3, -0.25) is 0 Å². The zero-order valence-corrected chi connectivity index (χ0v) is 9.65. The molecule has 0 bridgehead atoms. The van der Waals surface area contributed by atoms with Crippen molar-refractivity contribution >= 4 is 0 Å². The Labute approximate surface area is 96.5 Å². The minimum Gasteiger partial charge on any atom is -0.323 e. The standard InChI is InChI=1S/C13H19N3/c14-11-7-3-6-10-8-15-13(16-12(10)11)9-4-1-2-5-9/h8-9,11H,1-7,14H2. The highest BCUT2D eigenvalue weighted by molar-refractivity contribution is 5.24. The molecule has 3 heteroatoms. The monoisotopic (exact) mass is 217 g/mol. The number of aromatic nitrogens is 2. The summed E-state index contributed by atoms with van der Waals surface area (Å²) in [5, 5.41) is 0. The summed E-state index contributed by atoms with van der Waals surface area (Å²) in [6.07, 6.45) is 10.6. The van der Waals surface area contributed by atoms with Crippen molar-refractivity contribution in [2.45, 2.75) is 56.9 Å². The first-order chi connectivity index (χ1) is 7.84. The molecule has 0 aliphatic heterocycles. The Kier molecular flexibility index (Phi) is 2.64. The van der Waals surface area contributed by atoms with Gasteiger partial charge in [-0.25, -0.2) is 9.97 Å². The lowest BCUT2D eigenvalue weighted by Crippen LogP contribution is -2.21. The summed E-state index contributed by atoms with van der Waals surface area (Å²) in [6, 6.07) is 0.145. The highest BCUT2D eigenvalue weighted by atomic mass is 14.9. The Morgan fingerprint density at radius 1 is 1.12 bits per heavy atom. The molecule has 0 aromatic carbocycles. The van der Waals surface area contributed by atoms with Crippen LogP contribution >= 0.6 is 0 Å². The molecule has 1 fully saturated rings. The molecular weight excluding hydrogens is 198 g/mol. The minimum atomic E-state index is 0.145. The van der Waals surface area contributed by atoms with Gasteiger partial charge in [0, 0.05) is 18.2 Å². The molecule has 0 saturated heterocycles. The van der Waals surface area contributed by atoms with Crippen LogP contribution in [0.2, 0.25) is 0 Å². The number of rotatable bonds is 1. The molecule has 1 saturated carbocycles. The summed E-state index contributed by atoms with van der Waals surface area (Å²) < 4.78 is 0. The van der Waals surface area contributed by atoms with Crippen LogP contribution in [0.4, 0.5) is 0 Å². The Balaban J connectivity index is 1.93. The molecule has 1 aromatic rings. The van der Waals surface area contributed by atoms with E-state index in [4.69, 9.17) is 10.7 Å². The summed E-state index contributed by atoms with van der Waals surface area (Å²) in [7, 11) is 0. The molecule has 1 aromatic heterocycles. The highest BCUT2D eigenvalue weighted by Crippen LogP contribution is 2.34. The van der Waals surface area contributed by atoms with Crippen molar-refractivity contribution < 1.29 is 0 Å². The lowest BCUT2D eigenvalue weighted by molar-refractivity contribution is 0.538. The van der Waals surface area contributed by atoms with Crippen LogP contribution in [0, 0.1) is 0 Å². The Morgan fingerprint density at radius 2 is 1.94 bits per heavy atom. The van der Waals surface area contributed by atoms with Gasteiger partial charge in [-0.15, -0.1) is 0 Å². The third-order valence-electron chi connectivity index (χ3n) is 3.95. The van der Waals surface area contributed by atoms with E-state index in [0.717, 1.165) is 24.4 Å². The zero-order valence-electron chi connectivity index (χ0n) is 9.65. The summed E-state index contributed by atoms with van der Waals surface area (Å²) in [6.45, 7) is 0. The molecule has 1 unspecified atom stereocenters. The smallest absolute Gasteiger partial charge is 0.131 e. The highest BCUT2D eigenvalue weighted by Gasteiger charge is 2.24. The van der Waals surface area contributed by atoms with E-state index in [1.807, 2.05) is 6.20 Å². The number of nitrogens with two attached hydrogens (primary N) is 1. The summed E-state index contributed by atoms with van der Waals surface area (Å²) in [5.41, 5.74) is 8.53. The van der Waals surface area contributed by atoms with E-state index in [0.29, 0.717) is 5.92 Å². The average molecular weight is 217 g/mol. The maximum Gasteiger partial charge on any atom is 0.131 e. The second kappa shape index (κ2) is 4.13. The van der Waals surface area contributed by atoms with E-state index in [2.05, 4.69) is 4.98 Å². The Hall–Kier alpha value is -0.960. The summed E-state index contributed by atoms with van der Waals surface area (Å²) in [5.74, 6) is 1.65. The van der Waals surface area contributed by atoms with Crippen LogP contribution in [-0.2, 0) is 6.42 Å². The molecule has 86 valence electrons. The number of hydrogen-bond acceptors (Lipinski definition) is 3. The van der Waals surface area contributed by atoms with Crippen molar-refractivity contribution in [2.75, 3.05) is 0 Å². The van der Waals surface area contributed by atoms with E-state index in [9.17, 15) is 0 Å². The van der Waals surface area contributed by atoms with Gasteiger partial charge in [0.2, 0.25) is 0 Å². The maximum absolute atomic E-state index is 6.12. The normalized spacial score (nSPS) is 25.7.